The average Bonchev–Trinajstić information content (AvgIpc) is 1.60. The topological polar surface area (TPSA) is 644 Å². The predicted molar refractivity (Wildman–Crippen MR) is 491 cm³/mol. The molecule has 0 aliphatic carbocycles. The SMILES string of the molecule is CCCC[C@H]1C(=O)N(C)[C@@H](CCCC)C(=O)N[C@@H](CCCN)C(=O)N[C@H](C(=O)NCC(N)=O)CSCC(=O)N[C@@H](Cc2ccc(OC)cc2)C(=O)N(C)[C@@H](C)C(=O)N[C@@H](CC(N)=O)C(=O)N2CCC[C@H]2C(=O)N[C@@H](CN)C(=O)N[C@@H](CCCCN)C(=O)N2C[C@H](O)C[C@H]2C(=O)N[C@@H](Cc2c[nH]c3ccccc23)C(=O)N[C@@H](CCN)C(=O)N[C@@H](Cc2c[nH]c3ccccc23)C(=O)N1C. The number of benzene rings is 3. The van der Waals surface area contributed by atoms with Gasteiger partial charge in [0.15, 0.2) is 0 Å². The second-order valence-electron chi connectivity index (χ2n) is 33.6. The molecule has 5 aromatic rings. The molecule has 3 aromatic carbocycles. The normalized spacial score (nSPS) is 25.1. The molecule has 42 nitrogen and oxygen atoms in total. The second kappa shape index (κ2) is 51.5. The standard InChI is InChI=1S/C89H131N23O19S/c1-8-10-26-69-82(123)101-60(25-18-35-91)78(119)107-68(77(118)98-46-74(95)115)48-132-49-75(116)99-64(38-51-29-31-55(131-7)32-30-51)85(126)108(4)50(3)76(117)104-66(42-73(94)114)88(129)111-37-19-28-70(111)83(124)106-67(43-93)81(122)102-62(24-16-17-34-90)87(128)112-47-54(113)41-72(112)84(125)103-63(39-52-44-96-58-22-14-12-20-56(52)58)80(121)100-61(33-36-92)79(120)105-65(40-53-45-97-59-23-15-13-21-57(53)59)86(127)110(6)71(27-11-9-2)89(130)109(69)5/h12-15,20-23,29-32,44-45,50,54,60-72,96-97,113H,8-11,16-19,24-28,33-43,46-49,90-93H2,1-7H3,(H2,94,114)(H2,95,115)(H,98,118)(H,99,116)(H,100,121)(H,101,123)(H,102,122)(H,103,125)(H,104,117)(H,105,120)(H,106,124)(H,107,119)/t50-,54+,60-,61-,62-,63-,64-,65-,66-,67-,68-,69-,70-,71-,72-/m0/s1. The number of likely N-dealkylation sites (N-methyl/N-ethyl adjacent to an activating group) is 3. The predicted octanol–water partition coefficient (Wildman–Crippen LogP) is -3.72. The molecule has 5 heterocycles. The number of aromatic amines is 2. The lowest BCUT2D eigenvalue weighted by molar-refractivity contribution is -0.149. The van der Waals surface area contributed by atoms with E-state index in [1.165, 1.54) is 45.0 Å². The van der Waals surface area contributed by atoms with E-state index < -0.39 is 229 Å². The summed E-state index contributed by atoms with van der Waals surface area (Å²) >= 11 is 0.803. The Morgan fingerprint density at radius 1 is 0.492 bits per heavy atom. The monoisotopic (exact) mass is 1860 g/mol. The first-order chi connectivity index (χ1) is 63.1. The van der Waals surface area contributed by atoms with Crippen LogP contribution in [0.1, 0.15) is 140 Å². The molecule has 0 unspecified atom stereocenters. The molecule has 132 heavy (non-hydrogen) atoms. The van der Waals surface area contributed by atoms with Gasteiger partial charge >= 0.3 is 0 Å². The van der Waals surface area contributed by atoms with E-state index in [0.717, 1.165) is 26.5 Å². The van der Waals surface area contributed by atoms with Crippen molar-refractivity contribution in [1.29, 1.82) is 0 Å². The number of fused-ring (bicyclic) bond motifs is 4. The Hall–Kier alpha value is -12.3. The maximum absolute atomic E-state index is 15.8. The number of aliphatic hydroxyl groups is 1. The van der Waals surface area contributed by atoms with Crippen LogP contribution in [0.4, 0.5) is 0 Å². The third kappa shape index (κ3) is 29.1. The Bertz CT molecular complexity index is 4860. The Labute approximate surface area is 770 Å². The molecular weight excluding hydrogens is 1730 g/mol. The van der Waals surface area contributed by atoms with Gasteiger partial charge in [0.1, 0.15) is 90.3 Å². The molecule has 3 aliphatic rings. The van der Waals surface area contributed by atoms with Gasteiger partial charge in [-0.2, -0.15) is 0 Å². The number of rotatable bonds is 28. The first-order valence-corrected chi connectivity index (χ1v) is 46.0. The van der Waals surface area contributed by atoms with Crippen molar-refractivity contribution in [2.45, 2.75) is 233 Å². The summed E-state index contributed by atoms with van der Waals surface area (Å²) in [6.45, 7) is 3.14. The van der Waals surface area contributed by atoms with Crippen LogP contribution in [0.15, 0.2) is 85.2 Å². The van der Waals surface area contributed by atoms with Crippen LogP contribution in [0.25, 0.3) is 21.8 Å². The number of hydrogen-bond donors (Lipinski definition) is 19. The summed E-state index contributed by atoms with van der Waals surface area (Å²) in [6.07, 6.45) is 2.37. The molecule has 17 amide bonds. The number of carbonyl (C=O) groups excluding carboxylic acids is 17. The molecule has 0 bridgehead atoms. The highest BCUT2D eigenvalue weighted by molar-refractivity contribution is 8.00. The Balaban J connectivity index is 1.19. The zero-order valence-corrected chi connectivity index (χ0v) is 76.8. The lowest BCUT2D eigenvalue weighted by Gasteiger charge is -2.36. The number of H-pyrrole nitrogens is 2. The summed E-state index contributed by atoms with van der Waals surface area (Å²) in [4.78, 5) is 261. The minimum absolute atomic E-state index is 0.00744. The van der Waals surface area contributed by atoms with Crippen LogP contribution in [0.3, 0.4) is 0 Å². The van der Waals surface area contributed by atoms with Gasteiger partial charge in [0.05, 0.1) is 31.9 Å². The fourth-order valence-corrected chi connectivity index (χ4v) is 17.3. The first kappa shape index (κ1) is 105. The molecule has 2 aromatic heterocycles. The quantitative estimate of drug-likeness (QED) is 0.0214. The van der Waals surface area contributed by atoms with Crippen LogP contribution >= 0.6 is 11.8 Å². The fourth-order valence-electron chi connectivity index (χ4n) is 16.4. The van der Waals surface area contributed by atoms with Gasteiger partial charge in [-0.15, -0.1) is 11.8 Å². The molecule has 15 atom stereocenters. The molecule has 3 aliphatic heterocycles. The molecule has 8 rings (SSSR count). The number of primary amides is 2. The van der Waals surface area contributed by atoms with E-state index >= 15 is 33.6 Å². The number of unbranched alkanes of at least 4 members (excludes halogenated alkanes) is 3. The van der Waals surface area contributed by atoms with Crippen molar-refractivity contribution in [2.24, 2.45) is 34.4 Å². The van der Waals surface area contributed by atoms with Crippen molar-refractivity contribution in [3.8, 4) is 5.75 Å². The van der Waals surface area contributed by atoms with Crippen molar-refractivity contribution in [2.75, 3.05) is 85.6 Å². The van der Waals surface area contributed by atoms with Crippen molar-refractivity contribution in [3.63, 3.8) is 0 Å². The number of carbonyl (C=O) groups is 17. The van der Waals surface area contributed by atoms with Gasteiger partial charge in [-0.25, -0.2) is 0 Å². The zero-order valence-electron chi connectivity index (χ0n) is 75.9. The number of nitrogens with two attached hydrogens (primary N) is 6. The van der Waals surface area contributed by atoms with Crippen LogP contribution in [0, 0.1) is 0 Å². The van der Waals surface area contributed by atoms with Crippen LogP contribution in [-0.4, -0.2) is 316 Å². The molecule has 722 valence electrons. The first-order valence-electron chi connectivity index (χ1n) is 44.9. The van der Waals surface area contributed by atoms with Crippen LogP contribution in [0.2, 0.25) is 0 Å². The lowest BCUT2D eigenvalue weighted by atomic mass is 9.99. The molecule has 3 fully saturated rings. The maximum Gasteiger partial charge on any atom is 0.246 e. The van der Waals surface area contributed by atoms with E-state index in [4.69, 9.17) is 39.1 Å². The third-order valence-corrected chi connectivity index (χ3v) is 25.1. The van der Waals surface area contributed by atoms with Gasteiger partial charge in [-0.1, -0.05) is 88.1 Å². The van der Waals surface area contributed by atoms with E-state index in [1.807, 2.05) is 19.9 Å². The maximum atomic E-state index is 15.8. The van der Waals surface area contributed by atoms with Crippen LogP contribution in [0.5, 0.6) is 5.75 Å². The number of methoxy groups -OCH3 is 1. The Morgan fingerprint density at radius 3 is 1.61 bits per heavy atom. The van der Waals surface area contributed by atoms with E-state index in [1.54, 1.807) is 79.1 Å². The van der Waals surface area contributed by atoms with Gasteiger partial charge in [-0.05, 0) is 132 Å². The molecular formula is C89H131N23O19S. The van der Waals surface area contributed by atoms with Gasteiger partial charge < -0.3 is 132 Å². The summed E-state index contributed by atoms with van der Waals surface area (Å²) in [5, 5.41) is 39.4. The minimum Gasteiger partial charge on any atom is -0.497 e. The summed E-state index contributed by atoms with van der Waals surface area (Å²) < 4.78 is 5.34. The van der Waals surface area contributed by atoms with Crippen molar-refractivity contribution >= 4 is 134 Å². The summed E-state index contributed by atoms with van der Waals surface area (Å²) in [5.41, 5.74) is 38.5. The largest absolute Gasteiger partial charge is 0.497 e. The minimum atomic E-state index is -1.76. The number of thioether (sulfide) groups is 1. The summed E-state index contributed by atoms with van der Waals surface area (Å²) in [6, 6.07) is -0.248. The number of para-hydroxylation sites is 2. The lowest BCUT2D eigenvalue weighted by Crippen LogP contribution is -2.61. The van der Waals surface area contributed by atoms with Gasteiger partial charge in [0, 0.05) is 106 Å². The highest BCUT2D eigenvalue weighted by Gasteiger charge is 2.47. The highest BCUT2D eigenvalue weighted by Crippen LogP contribution is 2.28. The Morgan fingerprint density at radius 2 is 1.01 bits per heavy atom. The molecule has 43 heteroatoms. The van der Waals surface area contributed by atoms with E-state index in [-0.39, 0.29) is 110 Å². The number of aromatic nitrogens is 2. The molecule has 3 saturated heterocycles. The number of hydrogen-bond acceptors (Lipinski definition) is 24. The summed E-state index contributed by atoms with van der Waals surface area (Å²) in [5.74, 6) is -15.8. The van der Waals surface area contributed by atoms with Gasteiger partial charge in [0.2, 0.25) is 100 Å². The van der Waals surface area contributed by atoms with Crippen LogP contribution < -0.4 is 92.3 Å². The second-order valence-corrected chi connectivity index (χ2v) is 34.6. The number of aliphatic hydroxyl groups excluding tert-OH is 1. The van der Waals surface area contributed by atoms with Gasteiger partial charge in [0.25, 0.3) is 0 Å². The van der Waals surface area contributed by atoms with Crippen LogP contribution in [-0.2, 0) is 101 Å². The number of ether oxygens (including phenoxy) is 1. The fraction of sp³-hybridized carbons (Fsp3) is 0.562. The molecule has 0 spiro atoms. The van der Waals surface area contributed by atoms with E-state index in [2.05, 4.69) is 63.1 Å². The molecule has 0 radical (unpaired) electrons. The van der Waals surface area contributed by atoms with Crippen molar-refractivity contribution in [3.05, 3.63) is 102 Å². The number of amides is 17. The highest BCUT2D eigenvalue weighted by atomic mass is 32.2. The third-order valence-electron chi connectivity index (χ3n) is 24.0. The van der Waals surface area contributed by atoms with Crippen molar-refractivity contribution in [1.82, 2.24) is 87.6 Å². The average molecular weight is 1860 g/mol. The van der Waals surface area contributed by atoms with E-state index in [9.17, 15) is 53.1 Å². The molecule has 0 saturated carbocycles. The summed E-state index contributed by atoms with van der Waals surface area (Å²) in [7, 11) is 5.45. The van der Waals surface area contributed by atoms with Gasteiger partial charge in [-0.3, -0.25) is 81.5 Å². The number of nitrogens with zero attached hydrogens (tertiary/aromatic N) is 5. The van der Waals surface area contributed by atoms with E-state index in [0.29, 0.717) is 76.3 Å². The molecule has 25 N–H and O–H groups in total. The van der Waals surface area contributed by atoms with Crippen molar-refractivity contribution < 1.29 is 91.4 Å². The zero-order chi connectivity index (χ0) is 96.6. The smallest absolute Gasteiger partial charge is 0.246 e. The Kier molecular flexibility index (Phi) is 41.0. The number of nitrogens with one attached hydrogen (secondary N) is 12.